The SMILES string of the molecule is CCOc1ncccc1CNC(=NC)N1CCC(C2(C)NC(=O)NC2=O)CC1. The van der Waals surface area contributed by atoms with Crippen LogP contribution in [0, 0.1) is 5.92 Å². The van der Waals surface area contributed by atoms with Gasteiger partial charge in [-0.25, -0.2) is 9.78 Å². The van der Waals surface area contributed by atoms with Crippen molar-refractivity contribution in [3.8, 4) is 5.88 Å². The molecule has 9 nitrogen and oxygen atoms in total. The Morgan fingerprint density at radius 2 is 2.18 bits per heavy atom. The molecule has 0 aromatic carbocycles. The molecule has 28 heavy (non-hydrogen) atoms. The predicted octanol–water partition coefficient (Wildman–Crippen LogP) is 0.866. The molecule has 0 spiro atoms. The third-order valence-electron chi connectivity index (χ3n) is 5.46. The molecule has 0 saturated carbocycles. The molecular weight excluding hydrogens is 360 g/mol. The van der Waals surface area contributed by atoms with Crippen molar-refractivity contribution in [3.05, 3.63) is 23.9 Å². The number of likely N-dealkylation sites (tertiary alicyclic amines) is 1. The van der Waals surface area contributed by atoms with Gasteiger partial charge in [-0.2, -0.15) is 0 Å². The van der Waals surface area contributed by atoms with Gasteiger partial charge in [0.1, 0.15) is 5.54 Å². The highest BCUT2D eigenvalue weighted by Gasteiger charge is 2.48. The van der Waals surface area contributed by atoms with Crippen LogP contribution in [0.2, 0.25) is 0 Å². The van der Waals surface area contributed by atoms with Crippen molar-refractivity contribution in [2.75, 3.05) is 26.7 Å². The number of nitrogens with zero attached hydrogens (tertiary/aromatic N) is 3. The third-order valence-corrected chi connectivity index (χ3v) is 5.46. The normalized spacial score (nSPS) is 23.4. The van der Waals surface area contributed by atoms with Gasteiger partial charge in [0.15, 0.2) is 5.96 Å². The zero-order valence-corrected chi connectivity index (χ0v) is 16.6. The van der Waals surface area contributed by atoms with Crippen molar-refractivity contribution in [1.82, 2.24) is 25.8 Å². The van der Waals surface area contributed by atoms with Gasteiger partial charge in [-0.05, 0) is 38.7 Å². The molecule has 0 aliphatic carbocycles. The first kappa shape index (κ1) is 19.9. The van der Waals surface area contributed by atoms with Crippen LogP contribution in [0.15, 0.2) is 23.3 Å². The van der Waals surface area contributed by atoms with Crippen LogP contribution < -0.4 is 20.7 Å². The van der Waals surface area contributed by atoms with Crippen molar-refractivity contribution in [3.63, 3.8) is 0 Å². The summed E-state index contributed by atoms with van der Waals surface area (Å²) in [5, 5.41) is 8.51. The lowest BCUT2D eigenvalue weighted by Crippen LogP contribution is -2.55. The van der Waals surface area contributed by atoms with Crippen molar-refractivity contribution >= 4 is 17.9 Å². The smallest absolute Gasteiger partial charge is 0.322 e. The summed E-state index contributed by atoms with van der Waals surface area (Å²) in [6.45, 7) is 6.38. The fourth-order valence-corrected chi connectivity index (χ4v) is 3.84. The maximum Gasteiger partial charge on any atom is 0.322 e. The molecule has 3 heterocycles. The molecule has 2 aliphatic rings. The molecule has 1 aromatic rings. The summed E-state index contributed by atoms with van der Waals surface area (Å²) >= 11 is 0. The lowest BCUT2D eigenvalue weighted by atomic mass is 9.79. The lowest BCUT2D eigenvalue weighted by Gasteiger charge is -2.39. The van der Waals surface area contributed by atoms with Crippen LogP contribution in [0.4, 0.5) is 4.79 Å². The van der Waals surface area contributed by atoms with Gasteiger partial charge < -0.3 is 20.3 Å². The van der Waals surface area contributed by atoms with Crippen molar-refractivity contribution in [2.24, 2.45) is 10.9 Å². The highest BCUT2D eigenvalue weighted by molar-refractivity contribution is 6.07. The van der Waals surface area contributed by atoms with Crippen LogP contribution in [0.1, 0.15) is 32.3 Å². The summed E-state index contributed by atoms with van der Waals surface area (Å²) in [4.78, 5) is 34.5. The summed E-state index contributed by atoms with van der Waals surface area (Å²) in [6, 6.07) is 3.45. The maximum atomic E-state index is 12.2. The highest BCUT2D eigenvalue weighted by Crippen LogP contribution is 2.30. The zero-order chi connectivity index (χ0) is 20.1. The average molecular weight is 388 g/mol. The highest BCUT2D eigenvalue weighted by atomic mass is 16.5. The summed E-state index contributed by atoms with van der Waals surface area (Å²) < 4.78 is 5.57. The van der Waals surface area contributed by atoms with E-state index in [9.17, 15) is 9.59 Å². The van der Waals surface area contributed by atoms with E-state index in [0.717, 1.165) is 37.5 Å². The molecule has 3 rings (SSSR count). The Labute approximate surface area is 164 Å². The van der Waals surface area contributed by atoms with Gasteiger partial charge in [0.2, 0.25) is 5.88 Å². The molecule has 3 amide bonds. The number of rotatable bonds is 5. The second kappa shape index (κ2) is 8.45. The zero-order valence-electron chi connectivity index (χ0n) is 16.6. The van der Waals surface area contributed by atoms with E-state index in [2.05, 4.69) is 30.8 Å². The van der Waals surface area contributed by atoms with E-state index in [4.69, 9.17) is 4.74 Å². The number of pyridine rings is 1. The molecule has 0 radical (unpaired) electrons. The van der Waals surface area contributed by atoms with Gasteiger partial charge >= 0.3 is 6.03 Å². The minimum absolute atomic E-state index is 0.0937. The summed E-state index contributed by atoms with van der Waals surface area (Å²) in [6.07, 6.45) is 3.30. The Bertz CT molecular complexity index is 760. The van der Waals surface area contributed by atoms with Gasteiger partial charge in [0, 0.05) is 38.4 Å². The number of nitrogens with one attached hydrogen (secondary N) is 3. The molecule has 1 unspecified atom stereocenters. The van der Waals surface area contributed by atoms with Crippen LogP contribution in [-0.4, -0.2) is 60.1 Å². The fraction of sp³-hybridized carbons (Fsp3) is 0.579. The molecule has 3 N–H and O–H groups in total. The molecule has 2 fully saturated rings. The van der Waals surface area contributed by atoms with Gasteiger partial charge in [0.25, 0.3) is 5.91 Å². The van der Waals surface area contributed by atoms with Gasteiger partial charge in [-0.3, -0.25) is 15.1 Å². The number of ether oxygens (including phenoxy) is 1. The van der Waals surface area contributed by atoms with Crippen LogP contribution in [-0.2, 0) is 11.3 Å². The number of carbonyl (C=O) groups is 2. The van der Waals surface area contributed by atoms with Crippen molar-refractivity contribution in [1.29, 1.82) is 0 Å². The lowest BCUT2D eigenvalue weighted by molar-refractivity contribution is -0.125. The maximum absolute atomic E-state index is 12.2. The van der Waals surface area contributed by atoms with E-state index in [1.165, 1.54) is 0 Å². The van der Waals surface area contributed by atoms with Crippen molar-refractivity contribution in [2.45, 2.75) is 38.8 Å². The first-order valence-corrected chi connectivity index (χ1v) is 9.63. The molecule has 152 valence electrons. The standard InChI is InChI=1S/C19H28N6O3/c1-4-28-15-13(6-5-9-21-15)12-22-17(20-3)25-10-7-14(8-11-25)19(2)16(26)23-18(27)24-19/h5-6,9,14H,4,7-8,10-12H2,1-3H3,(H,20,22)(H2,23,24,26,27). The molecule has 2 saturated heterocycles. The van der Waals surface area contributed by atoms with E-state index >= 15 is 0 Å². The van der Waals surface area contributed by atoms with E-state index in [1.807, 2.05) is 19.1 Å². The monoisotopic (exact) mass is 388 g/mol. The number of carbonyl (C=O) groups excluding carboxylic acids is 2. The Kier molecular flexibility index (Phi) is 6.01. The number of imide groups is 1. The summed E-state index contributed by atoms with van der Waals surface area (Å²) in [5.41, 5.74) is 0.139. The Morgan fingerprint density at radius 1 is 1.43 bits per heavy atom. The second-order valence-corrected chi connectivity index (χ2v) is 7.17. The number of hydrogen-bond donors (Lipinski definition) is 3. The van der Waals surface area contributed by atoms with E-state index in [-0.39, 0.29) is 11.8 Å². The quantitative estimate of drug-likeness (QED) is 0.392. The molecular formula is C19H28N6O3. The number of piperidine rings is 1. The van der Waals surface area contributed by atoms with Gasteiger partial charge in [-0.15, -0.1) is 0 Å². The van der Waals surface area contributed by atoms with E-state index in [1.54, 1.807) is 20.2 Å². The van der Waals surface area contributed by atoms with Gasteiger partial charge in [0.05, 0.1) is 6.61 Å². The molecule has 1 atom stereocenters. The first-order valence-electron chi connectivity index (χ1n) is 9.63. The number of guanidine groups is 1. The average Bonchev–Trinajstić information content (AvgIpc) is 2.96. The van der Waals surface area contributed by atoms with Gasteiger partial charge in [-0.1, -0.05) is 6.07 Å². The predicted molar refractivity (Wildman–Crippen MR) is 105 cm³/mol. The number of amides is 3. The minimum atomic E-state index is -0.831. The summed E-state index contributed by atoms with van der Waals surface area (Å²) in [5.74, 6) is 1.28. The van der Waals surface area contributed by atoms with Crippen LogP contribution in [0.25, 0.3) is 0 Å². The van der Waals surface area contributed by atoms with E-state index < -0.39 is 11.6 Å². The van der Waals surface area contributed by atoms with Crippen LogP contribution in [0.5, 0.6) is 5.88 Å². The largest absolute Gasteiger partial charge is 0.478 e. The first-order chi connectivity index (χ1) is 13.5. The summed E-state index contributed by atoms with van der Waals surface area (Å²) in [7, 11) is 1.76. The molecule has 2 aliphatic heterocycles. The topological polar surface area (TPSA) is 108 Å². The fourth-order valence-electron chi connectivity index (χ4n) is 3.84. The third kappa shape index (κ3) is 4.02. The number of urea groups is 1. The molecule has 1 aromatic heterocycles. The number of aliphatic imine (C=N–C) groups is 1. The van der Waals surface area contributed by atoms with Crippen molar-refractivity contribution < 1.29 is 14.3 Å². The van der Waals surface area contributed by atoms with Crippen LogP contribution >= 0.6 is 0 Å². The minimum Gasteiger partial charge on any atom is -0.478 e. The molecule has 0 bridgehead atoms. The Balaban J connectivity index is 1.57. The second-order valence-electron chi connectivity index (χ2n) is 7.17. The Morgan fingerprint density at radius 3 is 2.79 bits per heavy atom. The number of hydrogen-bond acceptors (Lipinski definition) is 5. The van der Waals surface area contributed by atoms with Crippen LogP contribution in [0.3, 0.4) is 0 Å². The Hall–Kier alpha value is -2.84. The van der Waals surface area contributed by atoms with E-state index in [0.29, 0.717) is 19.0 Å². The molecule has 9 heteroatoms. The number of aromatic nitrogens is 1.